The monoisotopic (exact) mass is 139 g/mol. The highest BCUT2D eigenvalue weighted by Gasteiger charge is 1.93. The van der Waals surface area contributed by atoms with Crippen LogP contribution in [-0.4, -0.2) is 19.0 Å². The highest BCUT2D eigenvalue weighted by Crippen LogP contribution is 1.83. The van der Waals surface area contributed by atoms with Crippen molar-refractivity contribution in [1.82, 2.24) is 5.32 Å². The average Bonchev–Trinajstić information content (AvgIpc) is 1.98. The van der Waals surface area contributed by atoms with Gasteiger partial charge < -0.3 is 5.73 Å². The van der Waals surface area contributed by atoms with Crippen LogP contribution in [0.15, 0.2) is 30.3 Å². The third-order valence-corrected chi connectivity index (χ3v) is 0.941. The number of nitrogens with zero attached hydrogens (tertiary/aromatic N) is 1. The third kappa shape index (κ3) is 3.86. The molecule has 1 atom stereocenters. The Hall–Kier alpha value is -1.09. The highest BCUT2D eigenvalue weighted by molar-refractivity contribution is 5.51. The predicted octanol–water partition coefficient (Wildman–Crippen LogP) is 0.261. The van der Waals surface area contributed by atoms with Crippen LogP contribution in [0.4, 0.5) is 0 Å². The van der Waals surface area contributed by atoms with Crippen LogP contribution in [0.3, 0.4) is 0 Å². The lowest BCUT2D eigenvalue weighted by molar-refractivity contribution is 0.665. The molecule has 0 aliphatic heterocycles. The molecule has 0 aliphatic rings. The molecule has 0 bridgehead atoms. The summed E-state index contributed by atoms with van der Waals surface area (Å²) in [4.78, 5) is 3.86. The van der Waals surface area contributed by atoms with E-state index in [1.807, 2.05) is 0 Å². The Bertz CT molecular complexity index is 129. The maximum atomic E-state index is 5.07. The first-order chi connectivity index (χ1) is 4.85. The molecule has 3 heteroatoms. The van der Waals surface area contributed by atoms with E-state index in [9.17, 15) is 0 Å². The molecule has 56 valence electrons. The number of aliphatic imine (C=N–C) groups is 1. The molecule has 0 saturated carbocycles. The SMILES string of the molecule is C=CCNC(C=C)N=CN. The van der Waals surface area contributed by atoms with Crippen molar-refractivity contribution >= 4 is 6.34 Å². The van der Waals surface area contributed by atoms with Gasteiger partial charge in [0, 0.05) is 6.54 Å². The minimum absolute atomic E-state index is 0.0944. The largest absolute Gasteiger partial charge is 0.390 e. The number of nitrogens with one attached hydrogen (secondary N) is 1. The fourth-order valence-corrected chi connectivity index (χ4v) is 0.494. The molecule has 0 spiro atoms. The second kappa shape index (κ2) is 6.04. The molecule has 0 amide bonds. The van der Waals surface area contributed by atoms with E-state index in [1.165, 1.54) is 6.34 Å². The number of rotatable bonds is 5. The van der Waals surface area contributed by atoms with Crippen molar-refractivity contribution in [1.29, 1.82) is 0 Å². The van der Waals surface area contributed by atoms with Gasteiger partial charge in [-0.05, 0) is 0 Å². The van der Waals surface area contributed by atoms with Gasteiger partial charge in [-0.2, -0.15) is 0 Å². The Morgan fingerprint density at radius 1 is 1.60 bits per heavy atom. The van der Waals surface area contributed by atoms with Gasteiger partial charge in [-0.25, -0.2) is 0 Å². The Labute approximate surface area is 61.3 Å². The number of hydrogen-bond donors (Lipinski definition) is 2. The van der Waals surface area contributed by atoms with Crippen LogP contribution in [0, 0.1) is 0 Å². The normalized spacial score (nSPS) is 13.2. The fraction of sp³-hybridized carbons (Fsp3) is 0.286. The standard InChI is InChI=1S/C7H13N3/c1-3-5-9-7(4-2)10-6-8/h3-4,6-7,9H,1-2,5H2,(H2,8,10). The highest BCUT2D eigenvalue weighted by atomic mass is 15.1. The van der Waals surface area contributed by atoms with Gasteiger partial charge in [0.25, 0.3) is 0 Å². The lowest BCUT2D eigenvalue weighted by atomic mass is 10.4. The van der Waals surface area contributed by atoms with Gasteiger partial charge in [-0.1, -0.05) is 18.7 Å². The van der Waals surface area contributed by atoms with Crippen LogP contribution < -0.4 is 11.1 Å². The summed E-state index contributed by atoms with van der Waals surface area (Å²) < 4.78 is 0. The molecule has 1 unspecified atom stereocenters. The van der Waals surface area contributed by atoms with Gasteiger partial charge >= 0.3 is 0 Å². The minimum atomic E-state index is -0.0944. The quantitative estimate of drug-likeness (QED) is 0.326. The van der Waals surface area contributed by atoms with E-state index in [-0.39, 0.29) is 6.17 Å². The summed E-state index contributed by atoms with van der Waals surface area (Å²) in [7, 11) is 0. The summed E-state index contributed by atoms with van der Waals surface area (Å²) in [5, 5.41) is 3.01. The molecule has 0 fully saturated rings. The van der Waals surface area contributed by atoms with Crippen LogP contribution >= 0.6 is 0 Å². The molecule has 0 aromatic rings. The fourth-order valence-electron chi connectivity index (χ4n) is 0.494. The zero-order valence-corrected chi connectivity index (χ0v) is 5.96. The van der Waals surface area contributed by atoms with E-state index in [4.69, 9.17) is 5.73 Å². The molecule has 3 N–H and O–H groups in total. The van der Waals surface area contributed by atoms with Crippen LogP contribution in [0.5, 0.6) is 0 Å². The van der Waals surface area contributed by atoms with Crippen LogP contribution in [-0.2, 0) is 0 Å². The molecule has 0 aromatic heterocycles. The molecular weight excluding hydrogens is 126 g/mol. The molecular formula is C7H13N3. The summed E-state index contributed by atoms with van der Waals surface area (Å²) in [6.45, 7) is 7.82. The van der Waals surface area contributed by atoms with Gasteiger partial charge in [0.1, 0.15) is 6.17 Å². The lowest BCUT2D eigenvalue weighted by Crippen LogP contribution is -2.25. The van der Waals surface area contributed by atoms with Crippen molar-refractivity contribution in [2.75, 3.05) is 6.54 Å². The summed E-state index contributed by atoms with van der Waals surface area (Å²) in [5.41, 5.74) is 5.07. The summed E-state index contributed by atoms with van der Waals surface area (Å²) >= 11 is 0. The third-order valence-electron chi connectivity index (χ3n) is 0.941. The van der Waals surface area contributed by atoms with Gasteiger partial charge in [0.15, 0.2) is 0 Å². The van der Waals surface area contributed by atoms with E-state index in [0.717, 1.165) is 0 Å². The molecule has 0 radical (unpaired) electrons. The molecule has 0 aliphatic carbocycles. The topological polar surface area (TPSA) is 50.4 Å². The number of hydrogen-bond acceptors (Lipinski definition) is 2. The van der Waals surface area contributed by atoms with Gasteiger partial charge in [-0.15, -0.1) is 6.58 Å². The van der Waals surface area contributed by atoms with Crippen molar-refractivity contribution in [3.8, 4) is 0 Å². The minimum Gasteiger partial charge on any atom is -0.390 e. The van der Waals surface area contributed by atoms with E-state index in [2.05, 4.69) is 23.5 Å². The van der Waals surface area contributed by atoms with Crippen LogP contribution in [0.1, 0.15) is 0 Å². The smallest absolute Gasteiger partial charge is 0.120 e. The zero-order valence-electron chi connectivity index (χ0n) is 5.96. The van der Waals surface area contributed by atoms with Gasteiger partial charge in [0.2, 0.25) is 0 Å². The molecule has 0 rings (SSSR count). The van der Waals surface area contributed by atoms with E-state index < -0.39 is 0 Å². The predicted molar refractivity (Wildman–Crippen MR) is 44.9 cm³/mol. The summed E-state index contributed by atoms with van der Waals surface area (Å²) in [6.07, 6.45) is 4.58. The Morgan fingerprint density at radius 2 is 2.30 bits per heavy atom. The van der Waals surface area contributed by atoms with Crippen LogP contribution in [0.2, 0.25) is 0 Å². The molecule has 0 heterocycles. The average molecular weight is 139 g/mol. The molecule has 3 nitrogen and oxygen atoms in total. The Balaban J connectivity index is 3.59. The lowest BCUT2D eigenvalue weighted by Gasteiger charge is -2.05. The first kappa shape index (κ1) is 8.91. The van der Waals surface area contributed by atoms with Crippen molar-refractivity contribution in [3.05, 3.63) is 25.3 Å². The van der Waals surface area contributed by atoms with Crippen molar-refractivity contribution in [3.63, 3.8) is 0 Å². The maximum absolute atomic E-state index is 5.07. The molecule has 10 heavy (non-hydrogen) atoms. The van der Waals surface area contributed by atoms with E-state index in [1.54, 1.807) is 12.2 Å². The van der Waals surface area contributed by atoms with E-state index >= 15 is 0 Å². The summed E-state index contributed by atoms with van der Waals surface area (Å²) in [5.74, 6) is 0. The Kier molecular flexibility index (Phi) is 5.38. The Morgan fingerprint density at radius 3 is 2.70 bits per heavy atom. The zero-order chi connectivity index (χ0) is 7.82. The van der Waals surface area contributed by atoms with Crippen LogP contribution in [0.25, 0.3) is 0 Å². The van der Waals surface area contributed by atoms with Crippen molar-refractivity contribution in [2.24, 2.45) is 10.7 Å². The summed E-state index contributed by atoms with van der Waals surface area (Å²) in [6, 6.07) is 0. The van der Waals surface area contributed by atoms with Crippen molar-refractivity contribution in [2.45, 2.75) is 6.17 Å². The number of nitrogens with two attached hydrogens (primary N) is 1. The maximum Gasteiger partial charge on any atom is 0.120 e. The van der Waals surface area contributed by atoms with Gasteiger partial charge in [-0.3, -0.25) is 10.3 Å². The second-order valence-corrected chi connectivity index (χ2v) is 1.68. The van der Waals surface area contributed by atoms with E-state index in [0.29, 0.717) is 6.54 Å². The second-order valence-electron chi connectivity index (χ2n) is 1.68. The van der Waals surface area contributed by atoms with Crippen molar-refractivity contribution < 1.29 is 0 Å². The first-order valence-corrected chi connectivity index (χ1v) is 3.05. The first-order valence-electron chi connectivity index (χ1n) is 3.05. The van der Waals surface area contributed by atoms with Gasteiger partial charge in [0.05, 0.1) is 6.34 Å². The molecule has 0 saturated heterocycles. The molecule has 0 aromatic carbocycles.